The first-order valence-electron chi connectivity index (χ1n) is 14.0. The SMILES string of the molecule is COC(=O)[C@@H]1CC[C@H](CC(=O)OCc2ccccc2)N1C(=O)[C@H](CNC(=O)OCc1ccccc1)NC(=O)OC(C)(C)C. The lowest BCUT2D eigenvalue weighted by Crippen LogP contribution is -2.58. The summed E-state index contributed by atoms with van der Waals surface area (Å²) in [5.41, 5.74) is 0.694. The van der Waals surface area contributed by atoms with Gasteiger partial charge < -0.3 is 34.5 Å². The van der Waals surface area contributed by atoms with Gasteiger partial charge in [-0.1, -0.05) is 60.7 Å². The number of rotatable bonds is 11. The Morgan fingerprint density at radius 3 is 2.00 bits per heavy atom. The number of ether oxygens (including phenoxy) is 4. The molecule has 43 heavy (non-hydrogen) atoms. The summed E-state index contributed by atoms with van der Waals surface area (Å²) in [5.74, 6) is -1.93. The molecule has 0 unspecified atom stereocenters. The Morgan fingerprint density at radius 2 is 1.44 bits per heavy atom. The Hall–Kier alpha value is -4.61. The van der Waals surface area contributed by atoms with Crippen LogP contribution >= 0.6 is 0 Å². The zero-order valence-electron chi connectivity index (χ0n) is 24.9. The first kappa shape index (κ1) is 32.9. The van der Waals surface area contributed by atoms with Gasteiger partial charge in [-0.3, -0.25) is 9.59 Å². The molecule has 0 aromatic heterocycles. The van der Waals surface area contributed by atoms with Crippen molar-refractivity contribution in [1.29, 1.82) is 0 Å². The van der Waals surface area contributed by atoms with Gasteiger partial charge >= 0.3 is 24.1 Å². The maximum absolute atomic E-state index is 13.9. The molecule has 3 atom stereocenters. The van der Waals surface area contributed by atoms with Crippen molar-refractivity contribution in [2.24, 2.45) is 0 Å². The van der Waals surface area contributed by atoms with Crippen molar-refractivity contribution in [2.75, 3.05) is 13.7 Å². The minimum Gasteiger partial charge on any atom is -0.467 e. The molecule has 1 aliphatic heterocycles. The minimum atomic E-state index is -1.35. The highest BCUT2D eigenvalue weighted by Gasteiger charge is 2.45. The fourth-order valence-electron chi connectivity index (χ4n) is 4.56. The number of alkyl carbamates (subject to hydrolysis) is 2. The van der Waals surface area contributed by atoms with E-state index < -0.39 is 53.8 Å². The number of amides is 3. The first-order valence-corrected chi connectivity index (χ1v) is 14.0. The summed E-state index contributed by atoms with van der Waals surface area (Å²) < 4.78 is 20.9. The largest absolute Gasteiger partial charge is 0.467 e. The van der Waals surface area contributed by atoms with E-state index in [-0.39, 0.29) is 32.6 Å². The lowest BCUT2D eigenvalue weighted by molar-refractivity contribution is -0.155. The fourth-order valence-corrected chi connectivity index (χ4v) is 4.56. The van der Waals surface area contributed by atoms with Crippen LogP contribution in [0.5, 0.6) is 0 Å². The van der Waals surface area contributed by atoms with E-state index in [2.05, 4.69) is 10.6 Å². The van der Waals surface area contributed by atoms with Crippen molar-refractivity contribution < 1.29 is 42.9 Å². The molecule has 1 aliphatic rings. The van der Waals surface area contributed by atoms with Crippen molar-refractivity contribution in [3.8, 4) is 0 Å². The number of hydrogen-bond acceptors (Lipinski definition) is 9. The van der Waals surface area contributed by atoms with Crippen LogP contribution in [0, 0.1) is 0 Å². The number of carbonyl (C=O) groups is 5. The molecule has 3 rings (SSSR count). The number of benzene rings is 2. The van der Waals surface area contributed by atoms with Crippen molar-refractivity contribution >= 4 is 30.0 Å². The number of nitrogens with zero attached hydrogens (tertiary/aromatic N) is 1. The molecule has 0 saturated carbocycles. The minimum absolute atomic E-state index is 0.00547. The van der Waals surface area contributed by atoms with Gasteiger partial charge in [-0.05, 0) is 44.7 Å². The van der Waals surface area contributed by atoms with Gasteiger partial charge in [0, 0.05) is 6.04 Å². The zero-order chi connectivity index (χ0) is 31.4. The quantitative estimate of drug-likeness (QED) is 0.293. The van der Waals surface area contributed by atoms with Gasteiger partial charge in [0.05, 0.1) is 20.1 Å². The number of hydrogen-bond donors (Lipinski definition) is 2. The van der Waals surface area contributed by atoms with E-state index in [1.54, 1.807) is 45.0 Å². The van der Waals surface area contributed by atoms with Gasteiger partial charge in [0.15, 0.2) is 0 Å². The molecule has 12 nitrogen and oxygen atoms in total. The van der Waals surface area contributed by atoms with Crippen molar-refractivity contribution in [3.05, 3.63) is 71.8 Å². The smallest absolute Gasteiger partial charge is 0.408 e. The van der Waals surface area contributed by atoms with E-state index in [1.807, 2.05) is 36.4 Å². The summed E-state index contributed by atoms with van der Waals surface area (Å²) in [5, 5.41) is 4.98. The number of likely N-dealkylation sites (tertiary alicyclic amines) is 1. The van der Waals surface area contributed by atoms with Crippen LogP contribution in [-0.2, 0) is 46.5 Å². The molecule has 1 heterocycles. The lowest BCUT2D eigenvalue weighted by atomic mass is 10.1. The maximum Gasteiger partial charge on any atom is 0.408 e. The van der Waals surface area contributed by atoms with E-state index in [1.165, 1.54) is 12.0 Å². The maximum atomic E-state index is 13.9. The Kier molecular flexibility index (Phi) is 11.9. The second-order valence-corrected chi connectivity index (χ2v) is 11.0. The lowest BCUT2D eigenvalue weighted by Gasteiger charge is -2.32. The van der Waals surface area contributed by atoms with Crippen molar-refractivity contribution in [1.82, 2.24) is 15.5 Å². The molecule has 2 aromatic carbocycles. The Balaban J connectivity index is 1.74. The van der Waals surface area contributed by atoms with Crippen LogP contribution in [0.25, 0.3) is 0 Å². The molecule has 232 valence electrons. The molecule has 0 spiro atoms. The predicted octanol–water partition coefficient (Wildman–Crippen LogP) is 3.47. The molecule has 2 N–H and O–H groups in total. The predicted molar refractivity (Wildman–Crippen MR) is 154 cm³/mol. The van der Waals surface area contributed by atoms with Crippen LogP contribution in [0.3, 0.4) is 0 Å². The van der Waals surface area contributed by atoms with Crippen LogP contribution in [0.4, 0.5) is 9.59 Å². The van der Waals surface area contributed by atoms with Crippen LogP contribution < -0.4 is 10.6 Å². The van der Waals surface area contributed by atoms with Crippen molar-refractivity contribution in [2.45, 2.75) is 77.0 Å². The van der Waals surface area contributed by atoms with Gasteiger partial charge in [-0.15, -0.1) is 0 Å². The van der Waals surface area contributed by atoms with E-state index in [0.29, 0.717) is 6.42 Å². The van der Waals surface area contributed by atoms with E-state index >= 15 is 0 Å². The topological polar surface area (TPSA) is 150 Å². The van der Waals surface area contributed by atoms with Crippen molar-refractivity contribution in [3.63, 3.8) is 0 Å². The average Bonchev–Trinajstić information content (AvgIpc) is 3.39. The molecule has 1 fully saturated rings. The van der Waals surface area contributed by atoms with E-state index in [4.69, 9.17) is 18.9 Å². The standard InChI is InChI=1S/C31H39N3O9/c1-31(2,3)43-30(39)33-24(18-32-29(38)42-20-22-13-9-6-10-14-22)27(36)34-23(15-16-25(34)28(37)40-4)17-26(35)41-19-21-11-7-5-8-12-21/h5-14,23-25H,15-20H2,1-4H3,(H,32,38)(H,33,39)/t23-,24+,25+/m1/s1. The summed E-state index contributed by atoms with van der Waals surface area (Å²) in [6.45, 7) is 4.66. The zero-order valence-corrected chi connectivity index (χ0v) is 24.9. The van der Waals surface area contributed by atoms with Gasteiger partial charge in [0.1, 0.15) is 30.9 Å². The summed E-state index contributed by atoms with van der Waals surface area (Å²) in [4.78, 5) is 65.7. The Morgan fingerprint density at radius 1 is 0.860 bits per heavy atom. The molecule has 3 amide bonds. The number of methoxy groups -OCH3 is 1. The molecule has 1 saturated heterocycles. The molecule has 0 aliphatic carbocycles. The number of esters is 2. The molecule has 2 aromatic rings. The fraction of sp³-hybridized carbons (Fsp3) is 0.452. The van der Waals surface area contributed by atoms with Gasteiger partial charge in [0.25, 0.3) is 0 Å². The van der Waals surface area contributed by atoms with E-state index in [9.17, 15) is 24.0 Å². The normalized spacial score (nSPS) is 16.9. The third-order valence-electron chi connectivity index (χ3n) is 6.53. The average molecular weight is 598 g/mol. The van der Waals surface area contributed by atoms with Gasteiger partial charge in [-0.2, -0.15) is 0 Å². The van der Waals surface area contributed by atoms with Crippen LogP contribution in [-0.4, -0.2) is 72.3 Å². The van der Waals surface area contributed by atoms with Gasteiger partial charge in [0.2, 0.25) is 5.91 Å². The van der Waals surface area contributed by atoms with E-state index in [0.717, 1.165) is 11.1 Å². The summed E-state index contributed by atoms with van der Waals surface area (Å²) in [6.07, 6.45) is -1.35. The molecule has 0 bridgehead atoms. The molecule has 12 heteroatoms. The molecular weight excluding hydrogens is 558 g/mol. The van der Waals surface area contributed by atoms with Crippen LogP contribution in [0.15, 0.2) is 60.7 Å². The monoisotopic (exact) mass is 597 g/mol. The summed E-state index contributed by atoms with van der Waals surface area (Å²) >= 11 is 0. The summed E-state index contributed by atoms with van der Waals surface area (Å²) in [6, 6.07) is 15.1. The third kappa shape index (κ3) is 10.6. The third-order valence-corrected chi connectivity index (χ3v) is 6.53. The van der Waals surface area contributed by atoms with Crippen LogP contribution in [0.2, 0.25) is 0 Å². The van der Waals surface area contributed by atoms with Crippen LogP contribution in [0.1, 0.15) is 51.2 Å². The molecular formula is C31H39N3O9. The second kappa shape index (κ2) is 15.6. The number of carbonyl (C=O) groups excluding carboxylic acids is 5. The Labute approximate surface area is 251 Å². The second-order valence-electron chi connectivity index (χ2n) is 11.0. The molecule has 0 radical (unpaired) electrons. The summed E-state index contributed by atoms with van der Waals surface area (Å²) in [7, 11) is 1.20. The first-order chi connectivity index (χ1) is 20.5. The highest BCUT2D eigenvalue weighted by atomic mass is 16.6. The number of nitrogens with one attached hydrogen (secondary N) is 2. The highest BCUT2D eigenvalue weighted by molar-refractivity contribution is 5.91. The van der Waals surface area contributed by atoms with Gasteiger partial charge in [-0.25, -0.2) is 14.4 Å². The highest BCUT2D eigenvalue weighted by Crippen LogP contribution is 2.29. The Bertz CT molecular complexity index is 1250.